The summed E-state index contributed by atoms with van der Waals surface area (Å²) in [6, 6.07) is 25.1. The normalized spacial score (nSPS) is 15.5. The number of hydrogen-bond acceptors (Lipinski definition) is 7. The van der Waals surface area contributed by atoms with Gasteiger partial charge in [-0.15, -0.1) is 10.2 Å². The van der Waals surface area contributed by atoms with Crippen LogP contribution in [0, 0.1) is 0 Å². The zero-order valence-electron chi connectivity index (χ0n) is 19.2. The molecule has 7 nitrogen and oxygen atoms in total. The average Bonchev–Trinajstić information content (AvgIpc) is 3.32. The van der Waals surface area contributed by atoms with Gasteiger partial charge in [-0.2, -0.15) is 0 Å². The second kappa shape index (κ2) is 10.9. The van der Waals surface area contributed by atoms with Crippen molar-refractivity contribution in [2.24, 2.45) is 10.2 Å². The number of allylic oxidation sites excluding steroid dienone is 1. The molecule has 0 fully saturated rings. The number of hydrogen-bond donors (Lipinski definition) is 0. The summed E-state index contributed by atoms with van der Waals surface area (Å²) in [4.78, 5) is 25.2. The highest BCUT2D eigenvalue weighted by Gasteiger charge is 2.23. The second-order valence-electron chi connectivity index (χ2n) is 7.37. The molecule has 0 aliphatic carbocycles. The number of carbonyl (C=O) groups is 2. The minimum Gasteiger partial charge on any atom is -0.497 e. The Labute approximate surface area is 202 Å². The molecule has 0 saturated heterocycles. The molecule has 1 aliphatic rings. The lowest BCUT2D eigenvalue weighted by Gasteiger charge is -2.06. The van der Waals surface area contributed by atoms with Crippen molar-refractivity contribution >= 4 is 28.9 Å². The Morgan fingerprint density at radius 1 is 0.829 bits per heavy atom. The first-order valence-electron chi connectivity index (χ1n) is 10.7. The maximum atomic E-state index is 13.3. The molecule has 0 N–H and O–H groups in total. The molecule has 0 unspecified atom stereocenters. The van der Waals surface area contributed by atoms with Crippen LogP contribution in [0.4, 0.5) is 0 Å². The number of rotatable bonds is 7. The maximum absolute atomic E-state index is 13.3. The molecule has 0 saturated carbocycles. The molecule has 1 aliphatic heterocycles. The van der Waals surface area contributed by atoms with Crippen molar-refractivity contribution in [3.8, 4) is 5.75 Å². The Kier molecular flexibility index (Phi) is 7.28. The van der Waals surface area contributed by atoms with E-state index in [0.29, 0.717) is 22.6 Å². The van der Waals surface area contributed by atoms with Crippen LogP contribution < -0.4 is 4.74 Å². The molecule has 0 bridgehead atoms. The van der Waals surface area contributed by atoms with E-state index < -0.39 is 5.97 Å². The summed E-state index contributed by atoms with van der Waals surface area (Å²) in [5.41, 5.74) is 2.28. The predicted octanol–water partition coefficient (Wildman–Crippen LogP) is 4.85. The van der Waals surface area contributed by atoms with Gasteiger partial charge in [0.2, 0.25) is 5.78 Å². The Hall–Kier alpha value is -4.78. The van der Waals surface area contributed by atoms with Gasteiger partial charge in [-0.3, -0.25) is 4.79 Å². The van der Waals surface area contributed by atoms with Crippen molar-refractivity contribution in [2.45, 2.75) is 0 Å². The fraction of sp³-hybridized carbons (Fsp3) is 0.0714. The van der Waals surface area contributed by atoms with Crippen LogP contribution in [0.25, 0.3) is 5.76 Å². The highest BCUT2D eigenvalue weighted by atomic mass is 16.5. The fourth-order valence-electron chi connectivity index (χ4n) is 3.30. The van der Waals surface area contributed by atoms with Gasteiger partial charge in [-0.1, -0.05) is 60.7 Å². The van der Waals surface area contributed by atoms with Crippen LogP contribution in [-0.4, -0.2) is 37.4 Å². The molecule has 0 radical (unpaired) electrons. The first kappa shape index (κ1) is 23.4. The van der Waals surface area contributed by atoms with Gasteiger partial charge in [-0.05, 0) is 24.3 Å². The van der Waals surface area contributed by atoms with Crippen LogP contribution >= 0.6 is 0 Å². The smallest absolute Gasteiger partial charge is 0.334 e. The van der Waals surface area contributed by atoms with E-state index in [4.69, 9.17) is 14.2 Å². The van der Waals surface area contributed by atoms with E-state index in [-0.39, 0.29) is 23.0 Å². The quantitative estimate of drug-likeness (QED) is 0.163. The number of ether oxygens (including phenoxy) is 3. The minimum absolute atomic E-state index is 0.158. The largest absolute Gasteiger partial charge is 0.497 e. The Balaban J connectivity index is 1.78. The third-order valence-electron chi connectivity index (χ3n) is 5.12. The van der Waals surface area contributed by atoms with E-state index in [1.54, 1.807) is 61.7 Å². The Bertz CT molecular complexity index is 1340. The minimum atomic E-state index is -0.607. The zero-order chi connectivity index (χ0) is 24.6. The molecule has 3 aromatic rings. The van der Waals surface area contributed by atoms with E-state index in [1.165, 1.54) is 13.2 Å². The lowest BCUT2D eigenvalue weighted by Crippen LogP contribution is -2.16. The predicted molar refractivity (Wildman–Crippen MR) is 133 cm³/mol. The van der Waals surface area contributed by atoms with Crippen molar-refractivity contribution in [3.63, 3.8) is 0 Å². The number of methoxy groups -OCH3 is 2. The zero-order valence-corrected chi connectivity index (χ0v) is 19.2. The van der Waals surface area contributed by atoms with Crippen LogP contribution in [-0.2, 0) is 14.3 Å². The molecular formula is C28H22N2O5. The van der Waals surface area contributed by atoms with Gasteiger partial charge in [0.05, 0.1) is 20.3 Å². The molecule has 174 valence electrons. The average molecular weight is 466 g/mol. The number of nitrogens with zero attached hydrogens (tertiary/aromatic N) is 2. The standard InChI is InChI=1S/C28H22N2O5/c1-33-22-15-13-19(14-16-22)24-17-23(25(35-24)18-26(31)34-2)29-30-27(20-9-5-3-6-10-20)28(32)21-11-7-4-8-12-21/h3-18H,1-2H3. The Morgan fingerprint density at radius 2 is 1.46 bits per heavy atom. The van der Waals surface area contributed by atoms with Crippen molar-refractivity contribution in [3.05, 3.63) is 120 Å². The van der Waals surface area contributed by atoms with E-state index in [9.17, 15) is 9.59 Å². The number of Topliss-reactive ketones (excluding diaryl/α,β-unsaturated/α-hetero) is 1. The molecule has 7 heteroatoms. The summed E-state index contributed by atoms with van der Waals surface area (Å²) >= 11 is 0. The lowest BCUT2D eigenvalue weighted by atomic mass is 10.0. The van der Waals surface area contributed by atoms with E-state index in [0.717, 1.165) is 5.56 Å². The Morgan fingerprint density at radius 3 is 2.06 bits per heavy atom. The summed E-state index contributed by atoms with van der Waals surface area (Å²) in [6.45, 7) is 0. The van der Waals surface area contributed by atoms with Crippen LogP contribution in [0.1, 0.15) is 21.5 Å². The molecule has 0 amide bonds. The summed E-state index contributed by atoms with van der Waals surface area (Å²) < 4.78 is 15.8. The third-order valence-corrected chi connectivity index (χ3v) is 5.12. The van der Waals surface area contributed by atoms with Gasteiger partial charge in [-0.25, -0.2) is 4.79 Å². The fourth-order valence-corrected chi connectivity index (χ4v) is 3.30. The monoisotopic (exact) mass is 466 g/mol. The molecule has 4 rings (SSSR count). The van der Waals surface area contributed by atoms with Crippen LogP contribution in [0.2, 0.25) is 0 Å². The first-order valence-corrected chi connectivity index (χ1v) is 10.7. The molecule has 0 aromatic heterocycles. The van der Waals surface area contributed by atoms with Gasteiger partial charge >= 0.3 is 5.97 Å². The van der Waals surface area contributed by atoms with Gasteiger partial charge in [0, 0.05) is 22.8 Å². The van der Waals surface area contributed by atoms with Gasteiger partial charge in [0.1, 0.15) is 22.9 Å². The number of benzene rings is 3. The molecular weight excluding hydrogens is 444 g/mol. The molecule has 35 heavy (non-hydrogen) atoms. The van der Waals surface area contributed by atoms with Crippen molar-refractivity contribution < 1.29 is 23.8 Å². The van der Waals surface area contributed by atoms with Crippen LogP contribution in [0.15, 0.2) is 113 Å². The van der Waals surface area contributed by atoms with Crippen molar-refractivity contribution in [1.29, 1.82) is 0 Å². The number of carbonyl (C=O) groups excluding carboxylic acids is 2. The third kappa shape index (κ3) is 5.59. The van der Waals surface area contributed by atoms with Crippen molar-refractivity contribution in [2.75, 3.05) is 14.2 Å². The maximum Gasteiger partial charge on any atom is 0.334 e. The van der Waals surface area contributed by atoms with E-state index >= 15 is 0 Å². The molecule has 0 spiro atoms. The highest BCUT2D eigenvalue weighted by Crippen LogP contribution is 2.29. The van der Waals surface area contributed by atoms with Gasteiger partial charge < -0.3 is 14.2 Å². The molecule has 1 heterocycles. The van der Waals surface area contributed by atoms with Gasteiger partial charge in [0.25, 0.3) is 0 Å². The topological polar surface area (TPSA) is 86.6 Å². The van der Waals surface area contributed by atoms with Crippen LogP contribution in [0.5, 0.6) is 5.75 Å². The second-order valence-corrected chi connectivity index (χ2v) is 7.37. The summed E-state index contributed by atoms with van der Waals surface area (Å²) in [5.74, 6) is 0.434. The van der Waals surface area contributed by atoms with Gasteiger partial charge in [0.15, 0.2) is 5.76 Å². The van der Waals surface area contributed by atoms with Crippen molar-refractivity contribution in [1.82, 2.24) is 0 Å². The van der Waals surface area contributed by atoms with E-state index in [2.05, 4.69) is 10.2 Å². The SMILES string of the molecule is COC(=O)C=C1OC(c2ccc(OC)cc2)=CC1=NN=C(C(=O)c1ccccc1)c1ccccc1. The highest BCUT2D eigenvalue weighted by molar-refractivity contribution is 6.51. The summed E-state index contributed by atoms with van der Waals surface area (Å²) in [5, 5.41) is 8.62. The number of esters is 1. The summed E-state index contributed by atoms with van der Waals surface area (Å²) in [7, 11) is 2.86. The van der Waals surface area contributed by atoms with Crippen LogP contribution in [0.3, 0.4) is 0 Å². The molecule has 0 atom stereocenters. The summed E-state index contributed by atoms with van der Waals surface area (Å²) in [6.07, 6.45) is 2.83. The molecule has 3 aromatic carbocycles. The lowest BCUT2D eigenvalue weighted by molar-refractivity contribution is -0.134. The number of ketones is 1. The van der Waals surface area contributed by atoms with E-state index in [1.807, 2.05) is 36.4 Å². The first-order chi connectivity index (χ1) is 17.1.